The van der Waals surface area contributed by atoms with Gasteiger partial charge in [-0.2, -0.15) is 0 Å². The minimum absolute atomic E-state index is 0.127. The lowest BCUT2D eigenvalue weighted by Gasteiger charge is -2.20. The number of anilines is 2. The third kappa shape index (κ3) is 5.89. The molecule has 4 N–H and O–H groups in total. The van der Waals surface area contributed by atoms with Crippen molar-refractivity contribution in [3.05, 3.63) is 18.2 Å². The van der Waals surface area contributed by atoms with E-state index in [1.54, 1.807) is 26.8 Å². The number of nitrogen functional groups attached to an aromatic ring is 1. The Hall–Kier alpha value is -2.00. The Labute approximate surface area is 143 Å². The molecule has 0 aliphatic heterocycles. The second-order valence-corrected chi connectivity index (χ2v) is 8.54. The standard InChI is InChI=1S/C15H26N4O4S/c1-15(2,3)23-14(20)18-9-8-17-13-7-6-11(10-12(13)16)24(21,22)19(4)5/h6-7,10,17H,8-9,16H2,1-5H3,(H,18,20). The van der Waals surface area contributed by atoms with Gasteiger partial charge in [0.05, 0.1) is 16.3 Å². The Morgan fingerprint density at radius 2 is 1.88 bits per heavy atom. The molecule has 1 aromatic rings. The largest absolute Gasteiger partial charge is 0.444 e. The number of nitrogens with zero attached hydrogens (tertiary/aromatic N) is 1. The fourth-order valence-corrected chi connectivity index (χ4v) is 2.69. The van der Waals surface area contributed by atoms with Gasteiger partial charge in [-0.1, -0.05) is 0 Å². The van der Waals surface area contributed by atoms with Crippen molar-refractivity contribution in [1.29, 1.82) is 0 Å². The van der Waals surface area contributed by atoms with E-state index in [0.717, 1.165) is 4.31 Å². The lowest BCUT2D eigenvalue weighted by atomic mass is 10.2. The van der Waals surface area contributed by atoms with Gasteiger partial charge >= 0.3 is 6.09 Å². The average molecular weight is 358 g/mol. The normalized spacial score (nSPS) is 12.1. The van der Waals surface area contributed by atoms with Gasteiger partial charge in [-0.25, -0.2) is 17.5 Å². The second kappa shape index (κ2) is 7.71. The van der Waals surface area contributed by atoms with Gasteiger partial charge in [-0.3, -0.25) is 0 Å². The molecule has 0 aliphatic rings. The van der Waals surface area contributed by atoms with E-state index in [1.165, 1.54) is 26.2 Å². The van der Waals surface area contributed by atoms with Crippen LogP contribution in [0.2, 0.25) is 0 Å². The lowest BCUT2D eigenvalue weighted by Crippen LogP contribution is -2.35. The molecular formula is C15H26N4O4S. The minimum Gasteiger partial charge on any atom is -0.444 e. The zero-order valence-corrected chi connectivity index (χ0v) is 15.5. The van der Waals surface area contributed by atoms with Crippen LogP contribution in [0.3, 0.4) is 0 Å². The van der Waals surface area contributed by atoms with Crippen LogP contribution in [0.4, 0.5) is 16.2 Å². The quantitative estimate of drug-likeness (QED) is 0.524. The van der Waals surface area contributed by atoms with Crippen molar-refractivity contribution in [3.63, 3.8) is 0 Å². The number of rotatable bonds is 6. The molecule has 0 spiro atoms. The molecule has 0 aliphatic carbocycles. The number of hydrogen-bond donors (Lipinski definition) is 3. The Balaban J connectivity index is 2.57. The van der Waals surface area contributed by atoms with Gasteiger partial charge in [-0.15, -0.1) is 0 Å². The first-order valence-corrected chi connectivity index (χ1v) is 8.90. The second-order valence-electron chi connectivity index (χ2n) is 6.39. The van der Waals surface area contributed by atoms with E-state index >= 15 is 0 Å². The van der Waals surface area contributed by atoms with Crippen LogP contribution in [0, 0.1) is 0 Å². The van der Waals surface area contributed by atoms with Gasteiger partial charge < -0.3 is 21.1 Å². The summed E-state index contributed by atoms with van der Waals surface area (Å²) in [5.74, 6) is 0. The van der Waals surface area contributed by atoms with Gasteiger partial charge in [0.1, 0.15) is 5.60 Å². The van der Waals surface area contributed by atoms with Gasteiger partial charge in [0.25, 0.3) is 0 Å². The van der Waals surface area contributed by atoms with Crippen molar-refractivity contribution in [2.24, 2.45) is 0 Å². The van der Waals surface area contributed by atoms with E-state index in [9.17, 15) is 13.2 Å². The fraction of sp³-hybridized carbons (Fsp3) is 0.533. The Bertz CT molecular complexity index is 681. The molecule has 0 saturated carbocycles. The predicted octanol–water partition coefficient (Wildman–Crippen LogP) is 1.46. The van der Waals surface area contributed by atoms with Gasteiger partial charge in [0, 0.05) is 27.2 Å². The third-order valence-corrected chi connectivity index (χ3v) is 4.72. The Kier molecular flexibility index (Phi) is 6.44. The summed E-state index contributed by atoms with van der Waals surface area (Å²) >= 11 is 0. The number of benzene rings is 1. The first-order chi connectivity index (χ1) is 10.9. The molecule has 1 aromatic carbocycles. The van der Waals surface area contributed by atoms with E-state index < -0.39 is 21.7 Å². The van der Waals surface area contributed by atoms with Crippen molar-refractivity contribution in [3.8, 4) is 0 Å². The van der Waals surface area contributed by atoms with E-state index in [1.807, 2.05) is 0 Å². The SMILES string of the molecule is CN(C)S(=O)(=O)c1ccc(NCCNC(=O)OC(C)(C)C)c(N)c1. The average Bonchev–Trinajstić information content (AvgIpc) is 2.42. The molecule has 0 atom stereocenters. The van der Waals surface area contributed by atoms with Crippen LogP contribution in [0.1, 0.15) is 20.8 Å². The smallest absolute Gasteiger partial charge is 0.407 e. The molecule has 0 bridgehead atoms. The minimum atomic E-state index is -3.52. The molecule has 8 nitrogen and oxygen atoms in total. The maximum Gasteiger partial charge on any atom is 0.407 e. The molecule has 0 saturated heterocycles. The third-order valence-electron chi connectivity index (χ3n) is 2.91. The predicted molar refractivity (Wildman–Crippen MR) is 94.5 cm³/mol. The van der Waals surface area contributed by atoms with Crippen LogP contribution in [0.25, 0.3) is 0 Å². The maximum atomic E-state index is 12.0. The summed E-state index contributed by atoms with van der Waals surface area (Å²) in [6.07, 6.45) is -0.496. The van der Waals surface area contributed by atoms with Crippen molar-refractivity contribution in [2.45, 2.75) is 31.3 Å². The number of alkyl carbamates (subject to hydrolysis) is 1. The topological polar surface area (TPSA) is 114 Å². The highest BCUT2D eigenvalue weighted by Crippen LogP contribution is 2.23. The number of ether oxygens (including phenoxy) is 1. The highest BCUT2D eigenvalue weighted by atomic mass is 32.2. The van der Waals surface area contributed by atoms with E-state index in [0.29, 0.717) is 24.5 Å². The first-order valence-electron chi connectivity index (χ1n) is 7.46. The van der Waals surface area contributed by atoms with Crippen LogP contribution in [-0.4, -0.2) is 51.6 Å². The van der Waals surface area contributed by atoms with Crippen molar-refractivity contribution < 1.29 is 17.9 Å². The highest BCUT2D eigenvalue weighted by molar-refractivity contribution is 7.89. The van der Waals surface area contributed by atoms with Crippen LogP contribution in [0.15, 0.2) is 23.1 Å². The molecule has 1 rings (SSSR count). The number of carbonyl (C=O) groups excluding carboxylic acids is 1. The maximum absolute atomic E-state index is 12.0. The molecule has 0 unspecified atom stereocenters. The molecular weight excluding hydrogens is 332 g/mol. The Morgan fingerprint density at radius 1 is 1.25 bits per heavy atom. The summed E-state index contributed by atoms with van der Waals surface area (Å²) in [5, 5.41) is 5.65. The molecule has 24 heavy (non-hydrogen) atoms. The number of hydrogen-bond acceptors (Lipinski definition) is 6. The van der Waals surface area contributed by atoms with Gasteiger partial charge in [0.2, 0.25) is 10.0 Å². The summed E-state index contributed by atoms with van der Waals surface area (Å²) in [5.41, 5.74) is 6.25. The summed E-state index contributed by atoms with van der Waals surface area (Å²) in [4.78, 5) is 11.6. The number of amides is 1. The molecule has 136 valence electrons. The van der Waals surface area contributed by atoms with E-state index in [2.05, 4.69) is 10.6 Å². The zero-order valence-electron chi connectivity index (χ0n) is 14.7. The lowest BCUT2D eigenvalue weighted by molar-refractivity contribution is 0.0530. The van der Waals surface area contributed by atoms with E-state index in [4.69, 9.17) is 10.5 Å². The highest BCUT2D eigenvalue weighted by Gasteiger charge is 2.18. The number of carbonyl (C=O) groups is 1. The summed E-state index contributed by atoms with van der Waals surface area (Å²) in [6, 6.07) is 4.48. The summed E-state index contributed by atoms with van der Waals surface area (Å²) in [7, 11) is -0.601. The Morgan fingerprint density at radius 3 is 2.38 bits per heavy atom. The molecule has 0 aromatic heterocycles. The summed E-state index contributed by atoms with van der Waals surface area (Å²) < 4.78 is 30.3. The van der Waals surface area contributed by atoms with Gasteiger partial charge in [-0.05, 0) is 39.0 Å². The van der Waals surface area contributed by atoms with Gasteiger partial charge in [0.15, 0.2) is 0 Å². The molecule has 9 heteroatoms. The van der Waals surface area contributed by atoms with Crippen LogP contribution < -0.4 is 16.4 Å². The fourth-order valence-electron chi connectivity index (χ4n) is 1.75. The number of sulfonamides is 1. The zero-order chi connectivity index (χ0) is 18.5. The van der Waals surface area contributed by atoms with Crippen LogP contribution in [0.5, 0.6) is 0 Å². The van der Waals surface area contributed by atoms with Crippen molar-refractivity contribution in [2.75, 3.05) is 38.2 Å². The van der Waals surface area contributed by atoms with Crippen LogP contribution >= 0.6 is 0 Å². The first kappa shape index (κ1) is 20.0. The molecule has 0 fully saturated rings. The van der Waals surface area contributed by atoms with E-state index in [-0.39, 0.29) is 4.90 Å². The molecule has 0 radical (unpaired) electrons. The summed E-state index contributed by atoms with van der Waals surface area (Å²) in [6.45, 7) is 6.12. The number of nitrogens with two attached hydrogens (primary N) is 1. The van der Waals surface area contributed by atoms with Crippen molar-refractivity contribution in [1.82, 2.24) is 9.62 Å². The van der Waals surface area contributed by atoms with Crippen LogP contribution in [-0.2, 0) is 14.8 Å². The monoisotopic (exact) mass is 358 g/mol. The molecule has 0 heterocycles. The molecule has 1 amide bonds. The van der Waals surface area contributed by atoms with Crippen molar-refractivity contribution >= 4 is 27.5 Å². The number of nitrogens with one attached hydrogen (secondary N) is 2.